The van der Waals surface area contributed by atoms with E-state index in [4.69, 9.17) is 0 Å². The second-order valence-electron chi connectivity index (χ2n) is 7.34. The normalized spacial score (nSPS) is 12.0. The van der Waals surface area contributed by atoms with E-state index in [-0.39, 0.29) is 0 Å². The Bertz CT molecular complexity index is 1140. The molecule has 0 saturated heterocycles. The highest BCUT2D eigenvalue weighted by molar-refractivity contribution is 5.82. The first kappa shape index (κ1) is 22.8. The lowest BCUT2D eigenvalue weighted by molar-refractivity contribution is 1.27. The quantitative estimate of drug-likeness (QED) is 0.252. The van der Waals surface area contributed by atoms with Crippen molar-refractivity contribution in [2.75, 3.05) is 0 Å². The Labute approximate surface area is 192 Å². The van der Waals surface area contributed by atoms with Gasteiger partial charge in [0, 0.05) is 0 Å². The Morgan fingerprint density at radius 2 is 0.875 bits per heavy atom. The van der Waals surface area contributed by atoms with Gasteiger partial charge >= 0.3 is 0 Å². The second-order valence-corrected chi connectivity index (χ2v) is 7.34. The minimum absolute atomic E-state index is 1.06. The summed E-state index contributed by atoms with van der Waals surface area (Å²) in [6, 6.07) is 33.7. The zero-order valence-corrected chi connectivity index (χ0v) is 18.5. The van der Waals surface area contributed by atoms with Crippen LogP contribution in [0.15, 0.2) is 135 Å². The fraction of sp³-hybridized carbons (Fsp3) is 0.0625. The largest absolute Gasteiger partial charge is 0.106 e. The van der Waals surface area contributed by atoms with Crippen LogP contribution in [0, 0.1) is 0 Å². The SMILES string of the molecule is C1=CCc2ccccc2C=C1.C1=Cc2ccccc2C1.C=C.c1ccc2ccccc2c1. The van der Waals surface area contributed by atoms with E-state index >= 15 is 0 Å². The van der Waals surface area contributed by atoms with E-state index in [1.165, 1.54) is 33.0 Å². The van der Waals surface area contributed by atoms with Gasteiger partial charge in [0.15, 0.2) is 0 Å². The molecule has 0 nitrogen and oxygen atoms in total. The van der Waals surface area contributed by atoms with Crippen LogP contribution in [-0.4, -0.2) is 0 Å². The zero-order chi connectivity index (χ0) is 22.4. The highest BCUT2D eigenvalue weighted by Crippen LogP contribution is 2.17. The highest BCUT2D eigenvalue weighted by Gasteiger charge is 2.00. The summed E-state index contributed by atoms with van der Waals surface area (Å²) in [5.74, 6) is 0. The van der Waals surface area contributed by atoms with Gasteiger partial charge in [-0.05, 0) is 45.9 Å². The monoisotopic (exact) mass is 414 g/mol. The standard InChI is InChI=1S/C11H10.C10H8.C9H8.C2H4/c1-2-6-10-8-4-5-9-11(10)7-3-1;1-2-6-10-8-4-3-7-9(10)5-1;1-2-5-9-7-3-6-8(9)4-1;1-2/h1-6,8-9H,7H2;1-8H;1-6H,7H2;1-2H2. The molecule has 4 aromatic carbocycles. The summed E-state index contributed by atoms with van der Waals surface area (Å²) in [5.41, 5.74) is 5.60. The number of rotatable bonds is 0. The minimum atomic E-state index is 1.06. The molecule has 6 rings (SSSR count). The Hall–Kier alpha value is -3.90. The summed E-state index contributed by atoms with van der Waals surface area (Å²) in [7, 11) is 0. The summed E-state index contributed by atoms with van der Waals surface area (Å²) < 4.78 is 0. The molecule has 32 heavy (non-hydrogen) atoms. The number of hydrogen-bond acceptors (Lipinski definition) is 0. The average molecular weight is 415 g/mol. The Morgan fingerprint density at radius 3 is 1.41 bits per heavy atom. The molecule has 0 fully saturated rings. The molecule has 2 aliphatic rings. The fourth-order valence-corrected chi connectivity index (χ4v) is 3.64. The first-order valence-electron chi connectivity index (χ1n) is 11.0. The highest BCUT2D eigenvalue weighted by atomic mass is 14.1. The van der Waals surface area contributed by atoms with E-state index in [1.54, 1.807) is 0 Å². The molecule has 0 radical (unpaired) electrons. The van der Waals surface area contributed by atoms with Crippen molar-refractivity contribution in [2.24, 2.45) is 0 Å². The zero-order valence-electron chi connectivity index (χ0n) is 18.5. The van der Waals surface area contributed by atoms with Crippen molar-refractivity contribution in [1.82, 2.24) is 0 Å². The van der Waals surface area contributed by atoms with Crippen LogP contribution in [0.2, 0.25) is 0 Å². The third-order valence-corrected chi connectivity index (χ3v) is 5.26. The smallest absolute Gasteiger partial charge is 0.00882 e. The molecule has 0 atom stereocenters. The maximum absolute atomic E-state index is 3.00. The van der Waals surface area contributed by atoms with Crippen LogP contribution in [0.25, 0.3) is 22.9 Å². The minimum Gasteiger partial charge on any atom is -0.106 e. The van der Waals surface area contributed by atoms with Crippen LogP contribution < -0.4 is 0 Å². The molecule has 0 aromatic heterocycles. The predicted molar refractivity (Wildman–Crippen MR) is 143 cm³/mol. The van der Waals surface area contributed by atoms with Crippen LogP contribution in [0.5, 0.6) is 0 Å². The lowest BCUT2D eigenvalue weighted by Gasteiger charge is -1.99. The van der Waals surface area contributed by atoms with Crippen LogP contribution in [0.3, 0.4) is 0 Å². The first-order valence-corrected chi connectivity index (χ1v) is 11.0. The van der Waals surface area contributed by atoms with Crippen LogP contribution >= 0.6 is 0 Å². The summed E-state index contributed by atoms with van der Waals surface area (Å²) in [6.45, 7) is 6.00. The van der Waals surface area contributed by atoms with E-state index in [9.17, 15) is 0 Å². The molecule has 0 saturated carbocycles. The van der Waals surface area contributed by atoms with Crippen molar-refractivity contribution in [1.29, 1.82) is 0 Å². The van der Waals surface area contributed by atoms with Gasteiger partial charge in [0.2, 0.25) is 0 Å². The molecule has 0 N–H and O–H groups in total. The number of fused-ring (bicyclic) bond motifs is 3. The van der Waals surface area contributed by atoms with Crippen LogP contribution in [-0.2, 0) is 12.8 Å². The van der Waals surface area contributed by atoms with Gasteiger partial charge in [0.1, 0.15) is 0 Å². The topological polar surface area (TPSA) is 0 Å². The van der Waals surface area contributed by atoms with Crippen molar-refractivity contribution in [2.45, 2.75) is 12.8 Å². The van der Waals surface area contributed by atoms with Crippen molar-refractivity contribution in [3.63, 3.8) is 0 Å². The lowest BCUT2D eigenvalue weighted by Crippen LogP contribution is -1.83. The van der Waals surface area contributed by atoms with E-state index < -0.39 is 0 Å². The van der Waals surface area contributed by atoms with Crippen molar-refractivity contribution in [3.8, 4) is 0 Å². The molecule has 0 aliphatic heterocycles. The molecule has 158 valence electrons. The van der Waals surface area contributed by atoms with Gasteiger partial charge in [-0.15, -0.1) is 13.2 Å². The molecule has 0 unspecified atom stereocenters. The molecule has 0 bridgehead atoms. The molecule has 2 aliphatic carbocycles. The Balaban J connectivity index is 0.000000131. The maximum Gasteiger partial charge on any atom is -0.00882 e. The van der Waals surface area contributed by atoms with Crippen LogP contribution in [0.4, 0.5) is 0 Å². The first-order chi connectivity index (χ1) is 15.9. The molecule has 4 aromatic rings. The maximum atomic E-state index is 3.00. The Kier molecular flexibility index (Phi) is 9.05. The summed E-state index contributed by atoms with van der Waals surface area (Å²) in [5, 5.41) is 2.62. The van der Waals surface area contributed by atoms with E-state index in [2.05, 4.69) is 147 Å². The van der Waals surface area contributed by atoms with Gasteiger partial charge in [-0.3, -0.25) is 0 Å². The molecular weight excluding hydrogens is 384 g/mol. The van der Waals surface area contributed by atoms with E-state index in [1.807, 2.05) is 0 Å². The Morgan fingerprint density at radius 1 is 0.438 bits per heavy atom. The van der Waals surface area contributed by atoms with E-state index in [0.29, 0.717) is 0 Å². The van der Waals surface area contributed by atoms with Gasteiger partial charge in [-0.1, -0.05) is 134 Å². The van der Waals surface area contributed by atoms with Crippen molar-refractivity contribution >= 4 is 22.9 Å². The van der Waals surface area contributed by atoms with Crippen LogP contribution in [0.1, 0.15) is 22.3 Å². The second kappa shape index (κ2) is 12.7. The van der Waals surface area contributed by atoms with Gasteiger partial charge in [0.25, 0.3) is 0 Å². The lowest BCUT2D eigenvalue weighted by atomic mass is 10.1. The van der Waals surface area contributed by atoms with Crippen molar-refractivity contribution in [3.05, 3.63) is 157 Å². The summed E-state index contributed by atoms with van der Waals surface area (Å²) in [4.78, 5) is 0. The van der Waals surface area contributed by atoms with Crippen molar-refractivity contribution < 1.29 is 0 Å². The predicted octanol–water partition coefficient (Wildman–Crippen LogP) is 8.71. The third kappa shape index (κ3) is 6.55. The molecule has 0 heteroatoms. The molecule has 0 spiro atoms. The molecule has 0 heterocycles. The fourth-order valence-electron chi connectivity index (χ4n) is 3.64. The average Bonchev–Trinajstić information content (AvgIpc) is 3.23. The van der Waals surface area contributed by atoms with Gasteiger partial charge in [-0.25, -0.2) is 0 Å². The third-order valence-electron chi connectivity index (χ3n) is 5.26. The number of allylic oxidation sites excluding steroid dienone is 4. The number of benzene rings is 4. The molecular formula is C32H30. The van der Waals surface area contributed by atoms with Gasteiger partial charge < -0.3 is 0 Å². The number of hydrogen-bond donors (Lipinski definition) is 0. The summed E-state index contributed by atoms with van der Waals surface area (Å²) >= 11 is 0. The summed E-state index contributed by atoms with van der Waals surface area (Å²) in [6.07, 6.45) is 15.1. The van der Waals surface area contributed by atoms with Gasteiger partial charge in [0.05, 0.1) is 0 Å². The molecule has 0 amide bonds. The van der Waals surface area contributed by atoms with Gasteiger partial charge in [-0.2, -0.15) is 0 Å². The van der Waals surface area contributed by atoms with E-state index in [0.717, 1.165) is 12.8 Å².